The monoisotopic (exact) mass is 162 g/mol. The van der Waals surface area contributed by atoms with Crippen molar-refractivity contribution in [2.45, 2.75) is 12.5 Å². The van der Waals surface area contributed by atoms with Gasteiger partial charge >= 0.3 is 0 Å². The maximum absolute atomic E-state index is 9.30. The first-order chi connectivity index (χ1) is 5.77. The number of rotatable bonds is 0. The minimum Gasteiger partial charge on any atom is -0.491 e. The molecule has 2 rings (SSSR count). The predicted molar refractivity (Wildman–Crippen MR) is 45.0 cm³/mol. The van der Waals surface area contributed by atoms with Gasteiger partial charge in [-0.1, -0.05) is 12.1 Å². The van der Waals surface area contributed by atoms with E-state index in [9.17, 15) is 5.11 Å². The van der Waals surface area contributed by atoms with E-state index in [0.717, 1.165) is 11.3 Å². The molecular formula is C10H10O2. The van der Waals surface area contributed by atoms with Crippen LogP contribution in [0.4, 0.5) is 0 Å². The molecule has 1 aliphatic rings. The molecule has 1 heterocycles. The summed E-state index contributed by atoms with van der Waals surface area (Å²) in [7, 11) is 0. The van der Waals surface area contributed by atoms with Gasteiger partial charge in [-0.05, 0) is 18.6 Å². The number of benzene rings is 1. The highest BCUT2D eigenvalue weighted by atomic mass is 16.5. The second-order valence-electron chi connectivity index (χ2n) is 2.99. The lowest BCUT2D eigenvalue weighted by Crippen LogP contribution is -2.25. The van der Waals surface area contributed by atoms with E-state index < -0.39 is 6.10 Å². The number of hydrogen-bond acceptors (Lipinski definition) is 2. The Hall–Kier alpha value is -1.02. The summed E-state index contributed by atoms with van der Waals surface area (Å²) in [6.45, 7) is 6.08. The zero-order chi connectivity index (χ0) is 8.55. The summed E-state index contributed by atoms with van der Waals surface area (Å²) in [5, 5.41) is 9.30. The van der Waals surface area contributed by atoms with Gasteiger partial charge in [-0.25, -0.2) is 0 Å². The van der Waals surface area contributed by atoms with Gasteiger partial charge < -0.3 is 9.84 Å². The molecule has 1 unspecified atom stereocenters. The van der Waals surface area contributed by atoms with Crippen LogP contribution >= 0.6 is 0 Å². The molecule has 0 aliphatic carbocycles. The maximum Gasteiger partial charge on any atom is 0.123 e. The van der Waals surface area contributed by atoms with Crippen LogP contribution in [-0.2, 0) is 6.42 Å². The fourth-order valence-corrected chi connectivity index (χ4v) is 1.42. The molecule has 1 atom stereocenters. The Kier molecular flexibility index (Phi) is 1.77. The van der Waals surface area contributed by atoms with Crippen LogP contribution in [0, 0.1) is 6.92 Å². The van der Waals surface area contributed by atoms with Crippen LogP contribution in [0.1, 0.15) is 11.1 Å². The molecule has 1 aromatic rings. The second kappa shape index (κ2) is 2.79. The molecule has 0 fully saturated rings. The molecule has 1 N–H and O–H groups in total. The van der Waals surface area contributed by atoms with Gasteiger partial charge in [0.25, 0.3) is 0 Å². The molecule has 0 saturated heterocycles. The molecule has 2 heteroatoms. The van der Waals surface area contributed by atoms with E-state index >= 15 is 0 Å². The molecule has 2 nitrogen and oxygen atoms in total. The van der Waals surface area contributed by atoms with Gasteiger partial charge in [0.05, 0.1) is 6.10 Å². The molecule has 0 saturated carbocycles. The minimum absolute atomic E-state index is 0.371. The van der Waals surface area contributed by atoms with Gasteiger partial charge in [-0.2, -0.15) is 0 Å². The zero-order valence-electron chi connectivity index (χ0n) is 6.66. The zero-order valence-corrected chi connectivity index (χ0v) is 6.66. The largest absolute Gasteiger partial charge is 0.491 e. The third-order valence-electron chi connectivity index (χ3n) is 2.04. The Labute approximate surface area is 71.8 Å². The quantitative estimate of drug-likeness (QED) is 0.617. The van der Waals surface area contributed by atoms with Crippen LogP contribution in [0.25, 0.3) is 0 Å². The molecule has 0 amide bonds. The van der Waals surface area contributed by atoms with Crippen molar-refractivity contribution < 1.29 is 9.84 Å². The van der Waals surface area contributed by atoms with Crippen molar-refractivity contribution in [3.05, 3.63) is 36.2 Å². The average molecular weight is 162 g/mol. The molecular weight excluding hydrogens is 152 g/mol. The summed E-state index contributed by atoms with van der Waals surface area (Å²) in [5.41, 5.74) is 1.63. The van der Waals surface area contributed by atoms with Crippen molar-refractivity contribution in [3.63, 3.8) is 0 Å². The first-order valence-electron chi connectivity index (χ1n) is 3.95. The van der Waals surface area contributed by atoms with E-state index in [2.05, 4.69) is 0 Å². The standard InChI is InChI=1S/C10H10O2/c1-7-3-2-4-10-9(7)5-8(11)6-12-10/h1-4,8,11H,5-6H2. The fraction of sp³-hybridized carbons (Fsp3) is 0.300. The number of fused-ring (bicyclic) bond motifs is 1. The normalized spacial score (nSPS) is 21.3. The van der Waals surface area contributed by atoms with Crippen LogP contribution in [0.15, 0.2) is 18.2 Å². The highest BCUT2D eigenvalue weighted by Crippen LogP contribution is 2.26. The minimum atomic E-state index is -0.415. The molecule has 2 radical (unpaired) electrons. The Morgan fingerprint density at radius 2 is 2.33 bits per heavy atom. The number of hydrogen-bond donors (Lipinski definition) is 1. The van der Waals surface area contributed by atoms with E-state index in [1.54, 1.807) is 0 Å². The SMILES string of the molecule is [CH]c1cccc2c1CC(O)CO2. The van der Waals surface area contributed by atoms with Gasteiger partial charge in [0.1, 0.15) is 12.4 Å². The Balaban J connectivity index is 2.43. The summed E-state index contributed by atoms with van der Waals surface area (Å²) in [4.78, 5) is 0. The van der Waals surface area contributed by atoms with E-state index in [1.165, 1.54) is 0 Å². The molecule has 12 heavy (non-hydrogen) atoms. The predicted octanol–water partition coefficient (Wildman–Crippen LogP) is 1.04. The van der Waals surface area contributed by atoms with E-state index in [0.29, 0.717) is 18.6 Å². The van der Waals surface area contributed by atoms with Crippen molar-refractivity contribution in [2.75, 3.05) is 6.61 Å². The second-order valence-corrected chi connectivity index (χ2v) is 2.99. The number of ether oxygens (including phenoxy) is 1. The Bertz CT molecular complexity index is 294. The van der Waals surface area contributed by atoms with E-state index in [-0.39, 0.29) is 0 Å². The van der Waals surface area contributed by atoms with Crippen LogP contribution < -0.4 is 4.74 Å². The highest BCUT2D eigenvalue weighted by Gasteiger charge is 2.18. The lowest BCUT2D eigenvalue weighted by molar-refractivity contribution is 0.0919. The van der Waals surface area contributed by atoms with Crippen LogP contribution in [0.2, 0.25) is 0 Å². The summed E-state index contributed by atoms with van der Waals surface area (Å²) in [6, 6.07) is 5.55. The molecule has 0 aromatic heterocycles. The van der Waals surface area contributed by atoms with Gasteiger partial charge in [-0.15, -0.1) is 0 Å². The topological polar surface area (TPSA) is 29.5 Å². The lowest BCUT2D eigenvalue weighted by atomic mass is 10.00. The fourth-order valence-electron chi connectivity index (χ4n) is 1.42. The van der Waals surface area contributed by atoms with Gasteiger partial charge in [-0.3, -0.25) is 0 Å². The smallest absolute Gasteiger partial charge is 0.123 e. The van der Waals surface area contributed by atoms with Gasteiger partial charge in [0.15, 0.2) is 0 Å². The molecule has 0 bridgehead atoms. The first kappa shape index (κ1) is 7.62. The van der Waals surface area contributed by atoms with Crippen LogP contribution in [-0.4, -0.2) is 17.8 Å². The molecule has 0 spiro atoms. The third kappa shape index (κ3) is 1.18. The van der Waals surface area contributed by atoms with E-state index in [1.807, 2.05) is 18.2 Å². The summed E-state index contributed by atoms with van der Waals surface area (Å²) in [5.74, 6) is 0.806. The summed E-state index contributed by atoms with van der Waals surface area (Å²) >= 11 is 0. The lowest BCUT2D eigenvalue weighted by Gasteiger charge is -2.22. The summed E-state index contributed by atoms with van der Waals surface area (Å²) in [6.07, 6.45) is 0.185. The van der Waals surface area contributed by atoms with Gasteiger partial charge in [0, 0.05) is 12.0 Å². The first-order valence-corrected chi connectivity index (χ1v) is 3.95. The van der Waals surface area contributed by atoms with Crippen molar-refractivity contribution >= 4 is 0 Å². The van der Waals surface area contributed by atoms with Gasteiger partial charge in [0.2, 0.25) is 0 Å². The van der Waals surface area contributed by atoms with Crippen LogP contribution in [0.3, 0.4) is 0 Å². The van der Waals surface area contributed by atoms with Crippen molar-refractivity contribution in [2.24, 2.45) is 0 Å². The van der Waals surface area contributed by atoms with Crippen molar-refractivity contribution in [1.82, 2.24) is 0 Å². The summed E-state index contributed by atoms with van der Waals surface area (Å²) < 4.78 is 5.29. The Morgan fingerprint density at radius 3 is 3.17 bits per heavy atom. The third-order valence-corrected chi connectivity index (χ3v) is 2.04. The number of aliphatic hydroxyl groups excluding tert-OH is 1. The highest BCUT2D eigenvalue weighted by molar-refractivity contribution is 5.43. The molecule has 62 valence electrons. The van der Waals surface area contributed by atoms with Crippen molar-refractivity contribution in [3.8, 4) is 5.75 Å². The maximum atomic E-state index is 9.30. The number of aliphatic hydroxyl groups is 1. The Morgan fingerprint density at radius 1 is 1.50 bits per heavy atom. The van der Waals surface area contributed by atoms with Crippen molar-refractivity contribution in [1.29, 1.82) is 0 Å². The van der Waals surface area contributed by atoms with Crippen LogP contribution in [0.5, 0.6) is 5.75 Å². The average Bonchev–Trinajstić information content (AvgIpc) is 2.07. The van der Waals surface area contributed by atoms with E-state index in [4.69, 9.17) is 11.7 Å². The molecule has 1 aliphatic heterocycles. The molecule has 1 aromatic carbocycles.